The van der Waals surface area contributed by atoms with E-state index in [0.29, 0.717) is 0 Å². The molecule has 1 unspecified atom stereocenters. The maximum absolute atomic E-state index is 5.27. The molecule has 2 fully saturated rings. The molecule has 1 aromatic rings. The molecule has 1 heterocycles. The molecule has 0 radical (unpaired) electrons. The van der Waals surface area contributed by atoms with E-state index in [1.807, 2.05) is 7.05 Å². The van der Waals surface area contributed by atoms with Gasteiger partial charge < -0.3 is 15.0 Å². The number of nitrogens with one attached hydrogen (secondary N) is 1. The molecular weight excluding hydrogens is 318 g/mol. The van der Waals surface area contributed by atoms with Crippen molar-refractivity contribution >= 4 is 17.7 Å². The van der Waals surface area contributed by atoms with E-state index in [1.165, 1.54) is 30.6 Å². The zero-order chi connectivity index (χ0) is 17.0. The van der Waals surface area contributed by atoms with E-state index in [9.17, 15) is 0 Å². The van der Waals surface area contributed by atoms with Crippen molar-refractivity contribution in [3.05, 3.63) is 29.8 Å². The molecule has 1 saturated heterocycles. The second-order valence-electron chi connectivity index (χ2n) is 6.76. The van der Waals surface area contributed by atoms with Crippen molar-refractivity contribution in [2.24, 2.45) is 4.99 Å². The normalized spacial score (nSPS) is 23.0. The largest absolute Gasteiger partial charge is 0.497 e. The molecule has 5 heteroatoms. The van der Waals surface area contributed by atoms with Crippen molar-refractivity contribution in [3.63, 3.8) is 0 Å². The molecule has 1 aromatic carbocycles. The number of benzene rings is 1. The predicted molar refractivity (Wildman–Crippen MR) is 103 cm³/mol. The van der Waals surface area contributed by atoms with Crippen molar-refractivity contribution in [3.8, 4) is 5.75 Å². The topological polar surface area (TPSA) is 36.9 Å². The first kappa shape index (κ1) is 17.5. The SMILES string of the molecule is CCC1CN(C(=NC)NCC2(c3ccc(OC)cc3)CC2)CCS1. The van der Waals surface area contributed by atoms with Crippen molar-refractivity contribution in [2.75, 3.05) is 39.5 Å². The molecule has 1 saturated carbocycles. The second kappa shape index (κ2) is 7.68. The van der Waals surface area contributed by atoms with E-state index in [-0.39, 0.29) is 5.41 Å². The highest BCUT2D eigenvalue weighted by atomic mass is 32.2. The Kier molecular flexibility index (Phi) is 5.59. The van der Waals surface area contributed by atoms with Gasteiger partial charge in [-0.25, -0.2) is 0 Å². The maximum Gasteiger partial charge on any atom is 0.193 e. The third-order valence-electron chi connectivity index (χ3n) is 5.25. The molecule has 0 bridgehead atoms. The number of guanidine groups is 1. The van der Waals surface area contributed by atoms with Gasteiger partial charge in [0.2, 0.25) is 0 Å². The average molecular weight is 348 g/mol. The number of nitrogens with zero attached hydrogens (tertiary/aromatic N) is 2. The monoisotopic (exact) mass is 347 g/mol. The molecule has 1 N–H and O–H groups in total. The van der Waals surface area contributed by atoms with E-state index in [2.05, 4.69) is 58.2 Å². The summed E-state index contributed by atoms with van der Waals surface area (Å²) in [5.41, 5.74) is 1.68. The van der Waals surface area contributed by atoms with Crippen LogP contribution in [0.3, 0.4) is 0 Å². The summed E-state index contributed by atoms with van der Waals surface area (Å²) < 4.78 is 5.27. The molecule has 0 aromatic heterocycles. The fourth-order valence-corrected chi connectivity index (χ4v) is 4.58. The summed E-state index contributed by atoms with van der Waals surface area (Å²) in [6.07, 6.45) is 3.72. The van der Waals surface area contributed by atoms with E-state index in [0.717, 1.165) is 36.6 Å². The van der Waals surface area contributed by atoms with E-state index in [4.69, 9.17) is 4.74 Å². The van der Waals surface area contributed by atoms with Gasteiger partial charge in [-0.1, -0.05) is 19.1 Å². The van der Waals surface area contributed by atoms with E-state index < -0.39 is 0 Å². The lowest BCUT2D eigenvalue weighted by Crippen LogP contribution is -2.49. The second-order valence-corrected chi connectivity index (χ2v) is 8.16. The first-order valence-electron chi connectivity index (χ1n) is 8.92. The lowest BCUT2D eigenvalue weighted by atomic mass is 9.96. The third-order valence-corrected chi connectivity index (χ3v) is 6.62. The Hall–Kier alpha value is -1.36. The van der Waals surface area contributed by atoms with Crippen LogP contribution >= 0.6 is 11.8 Å². The van der Waals surface area contributed by atoms with Crippen LogP contribution in [0.1, 0.15) is 31.7 Å². The van der Waals surface area contributed by atoms with Crippen molar-refractivity contribution < 1.29 is 4.74 Å². The zero-order valence-corrected chi connectivity index (χ0v) is 15.9. The van der Waals surface area contributed by atoms with E-state index >= 15 is 0 Å². The summed E-state index contributed by atoms with van der Waals surface area (Å²) in [7, 11) is 3.62. The smallest absolute Gasteiger partial charge is 0.193 e. The summed E-state index contributed by atoms with van der Waals surface area (Å²) in [6.45, 7) is 5.44. The van der Waals surface area contributed by atoms with Crippen LogP contribution in [0.2, 0.25) is 0 Å². The fraction of sp³-hybridized carbons (Fsp3) is 0.632. The number of ether oxygens (including phenoxy) is 1. The van der Waals surface area contributed by atoms with Crippen LogP contribution < -0.4 is 10.1 Å². The molecule has 0 amide bonds. The molecule has 0 spiro atoms. The number of hydrogen-bond acceptors (Lipinski definition) is 3. The summed E-state index contributed by atoms with van der Waals surface area (Å²) in [6, 6.07) is 8.55. The number of aliphatic imine (C=N–C) groups is 1. The Bertz CT molecular complexity index is 568. The van der Waals surface area contributed by atoms with Gasteiger partial charge in [-0.15, -0.1) is 0 Å². The van der Waals surface area contributed by atoms with Gasteiger partial charge in [0.25, 0.3) is 0 Å². The minimum atomic E-state index is 0.275. The number of hydrogen-bond donors (Lipinski definition) is 1. The molecule has 24 heavy (non-hydrogen) atoms. The zero-order valence-electron chi connectivity index (χ0n) is 15.0. The predicted octanol–water partition coefficient (Wildman–Crippen LogP) is 3.13. The Labute approximate surface area is 150 Å². The van der Waals surface area contributed by atoms with Crippen LogP contribution in [0.5, 0.6) is 5.75 Å². The summed E-state index contributed by atoms with van der Waals surface area (Å²) in [4.78, 5) is 6.96. The van der Waals surface area contributed by atoms with Crippen molar-refractivity contribution in [1.29, 1.82) is 0 Å². The van der Waals surface area contributed by atoms with Crippen molar-refractivity contribution in [2.45, 2.75) is 36.9 Å². The molecule has 1 aliphatic heterocycles. The van der Waals surface area contributed by atoms with Gasteiger partial charge in [0.05, 0.1) is 7.11 Å². The summed E-state index contributed by atoms with van der Waals surface area (Å²) in [5, 5.41) is 4.38. The molecule has 132 valence electrons. The van der Waals surface area contributed by atoms with Gasteiger partial charge in [0, 0.05) is 43.1 Å². The van der Waals surface area contributed by atoms with Gasteiger partial charge in [-0.05, 0) is 37.0 Å². The van der Waals surface area contributed by atoms with Crippen LogP contribution in [-0.4, -0.2) is 55.7 Å². The Morgan fingerprint density at radius 2 is 2.12 bits per heavy atom. The molecule has 1 atom stereocenters. The minimum absolute atomic E-state index is 0.275. The fourth-order valence-electron chi connectivity index (χ4n) is 3.40. The van der Waals surface area contributed by atoms with Gasteiger partial charge in [0.15, 0.2) is 5.96 Å². The molecule has 2 aliphatic rings. The molecular formula is C19H29N3OS. The molecule has 3 rings (SSSR count). The standard InChI is InChI=1S/C19H29N3OS/c1-4-17-13-22(11-12-24-17)18(20-2)21-14-19(9-10-19)15-5-7-16(23-3)8-6-15/h5-8,17H,4,9-14H2,1-3H3,(H,20,21). The first-order valence-corrected chi connectivity index (χ1v) is 9.97. The highest BCUT2D eigenvalue weighted by molar-refractivity contribution is 8.00. The highest BCUT2D eigenvalue weighted by Crippen LogP contribution is 2.47. The minimum Gasteiger partial charge on any atom is -0.497 e. The Balaban J connectivity index is 1.60. The lowest BCUT2D eigenvalue weighted by molar-refractivity contribution is 0.405. The van der Waals surface area contributed by atoms with Crippen LogP contribution in [0, 0.1) is 0 Å². The summed E-state index contributed by atoms with van der Waals surface area (Å²) >= 11 is 2.09. The van der Waals surface area contributed by atoms with Crippen LogP contribution in [-0.2, 0) is 5.41 Å². The maximum atomic E-state index is 5.27. The Morgan fingerprint density at radius 3 is 2.71 bits per heavy atom. The van der Waals surface area contributed by atoms with Gasteiger partial charge in [-0.2, -0.15) is 11.8 Å². The quantitative estimate of drug-likeness (QED) is 0.656. The first-order chi connectivity index (χ1) is 11.7. The number of rotatable bonds is 5. The Morgan fingerprint density at radius 1 is 1.38 bits per heavy atom. The van der Waals surface area contributed by atoms with Crippen LogP contribution in [0.25, 0.3) is 0 Å². The number of thioether (sulfide) groups is 1. The van der Waals surface area contributed by atoms with Gasteiger partial charge >= 0.3 is 0 Å². The summed E-state index contributed by atoms with van der Waals surface area (Å²) in [5.74, 6) is 3.19. The van der Waals surface area contributed by atoms with Crippen molar-refractivity contribution in [1.82, 2.24) is 10.2 Å². The van der Waals surface area contributed by atoms with Crippen LogP contribution in [0.4, 0.5) is 0 Å². The highest BCUT2D eigenvalue weighted by Gasteiger charge is 2.44. The molecule has 4 nitrogen and oxygen atoms in total. The van der Waals surface area contributed by atoms with E-state index in [1.54, 1.807) is 7.11 Å². The lowest BCUT2D eigenvalue weighted by Gasteiger charge is -2.35. The van der Waals surface area contributed by atoms with Crippen LogP contribution in [0.15, 0.2) is 29.3 Å². The third kappa shape index (κ3) is 3.82. The molecule has 1 aliphatic carbocycles. The van der Waals surface area contributed by atoms with Gasteiger partial charge in [0.1, 0.15) is 5.75 Å². The van der Waals surface area contributed by atoms with Gasteiger partial charge in [-0.3, -0.25) is 4.99 Å². The number of methoxy groups -OCH3 is 1. The average Bonchev–Trinajstić information content (AvgIpc) is 3.43.